The van der Waals surface area contributed by atoms with E-state index in [-0.39, 0.29) is 11.9 Å². The van der Waals surface area contributed by atoms with Crippen molar-refractivity contribution in [2.45, 2.75) is 32.3 Å². The van der Waals surface area contributed by atoms with Crippen LogP contribution in [0.3, 0.4) is 0 Å². The third kappa shape index (κ3) is 2.29. The largest absolute Gasteiger partial charge is 0.490 e. The van der Waals surface area contributed by atoms with Gasteiger partial charge in [0, 0.05) is 12.1 Å². The van der Waals surface area contributed by atoms with Gasteiger partial charge in [0.1, 0.15) is 17.6 Å². The molecule has 0 fully saturated rings. The smallest absolute Gasteiger partial charge is 0.133 e. The van der Waals surface area contributed by atoms with Crippen LogP contribution in [0.2, 0.25) is 0 Å². The summed E-state index contributed by atoms with van der Waals surface area (Å²) in [5.41, 5.74) is 7.60. The first-order valence-corrected chi connectivity index (χ1v) is 5.19. The van der Waals surface area contributed by atoms with Gasteiger partial charge in [0.15, 0.2) is 0 Å². The number of benzene rings is 1. The summed E-state index contributed by atoms with van der Waals surface area (Å²) in [5, 5.41) is 0. The average molecular weight is 205 g/mol. The van der Waals surface area contributed by atoms with Crippen molar-refractivity contribution in [2.24, 2.45) is 0 Å². The van der Waals surface area contributed by atoms with Gasteiger partial charge in [0.2, 0.25) is 0 Å². The zero-order valence-electron chi connectivity index (χ0n) is 8.82. The molecule has 1 aliphatic rings. The van der Waals surface area contributed by atoms with Gasteiger partial charge in [-0.2, -0.15) is 0 Å². The van der Waals surface area contributed by atoms with Gasteiger partial charge in [0.05, 0.1) is 0 Å². The van der Waals surface area contributed by atoms with Crippen molar-refractivity contribution in [3.8, 4) is 5.75 Å². The molecule has 0 aliphatic carbocycles. The fourth-order valence-electron chi connectivity index (χ4n) is 1.93. The Morgan fingerprint density at radius 1 is 1.60 bits per heavy atom. The summed E-state index contributed by atoms with van der Waals surface area (Å²) in [6.45, 7) is 1.60. The highest BCUT2D eigenvalue weighted by atomic mass is 16.5. The third-order valence-corrected chi connectivity index (χ3v) is 2.63. The minimum atomic E-state index is 0.0404. The van der Waals surface area contributed by atoms with Crippen molar-refractivity contribution < 1.29 is 9.53 Å². The number of anilines is 1. The zero-order chi connectivity index (χ0) is 10.8. The molecule has 0 radical (unpaired) electrons. The summed E-state index contributed by atoms with van der Waals surface area (Å²) in [6.07, 6.45) is 2.39. The first-order chi connectivity index (χ1) is 7.15. The van der Waals surface area contributed by atoms with E-state index in [9.17, 15) is 4.79 Å². The van der Waals surface area contributed by atoms with E-state index in [4.69, 9.17) is 10.5 Å². The number of carbonyl (C=O) groups is 1. The monoisotopic (exact) mass is 205 g/mol. The number of rotatable bonds is 2. The van der Waals surface area contributed by atoms with Gasteiger partial charge >= 0.3 is 0 Å². The normalized spacial score (nSPS) is 19.1. The number of nitrogens with two attached hydrogens (primary N) is 1. The minimum Gasteiger partial charge on any atom is -0.490 e. The number of carbonyl (C=O) groups excluding carboxylic acids is 1. The second-order valence-corrected chi connectivity index (χ2v) is 4.05. The Hall–Kier alpha value is -1.51. The molecule has 0 amide bonds. The Morgan fingerprint density at radius 2 is 2.40 bits per heavy atom. The highest BCUT2D eigenvalue weighted by Crippen LogP contribution is 2.30. The molecular weight excluding hydrogens is 190 g/mol. The fraction of sp³-hybridized carbons (Fsp3) is 0.417. The number of fused-ring (bicyclic) bond motifs is 1. The molecular formula is C12H15NO2. The number of ketones is 1. The molecule has 15 heavy (non-hydrogen) atoms. The van der Waals surface area contributed by atoms with Gasteiger partial charge in [-0.15, -0.1) is 0 Å². The Morgan fingerprint density at radius 3 is 3.13 bits per heavy atom. The molecule has 1 heterocycles. The van der Waals surface area contributed by atoms with E-state index in [1.54, 1.807) is 6.92 Å². The maximum Gasteiger partial charge on any atom is 0.133 e. The fourth-order valence-corrected chi connectivity index (χ4v) is 1.93. The van der Waals surface area contributed by atoms with Crippen molar-refractivity contribution in [1.29, 1.82) is 0 Å². The molecule has 2 rings (SSSR count). The van der Waals surface area contributed by atoms with Crippen LogP contribution in [-0.2, 0) is 11.2 Å². The predicted molar refractivity (Wildman–Crippen MR) is 58.9 cm³/mol. The van der Waals surface area contributed by atoms with E-state index in [0.29, 0.717) is 6.42 Å². The zero-order valence-corrected chi connectivity index (χ0v) is 8.82. The number of hydrogen-bond acceptors (Lipinski definition) is 3. The van der Waals surface area contributed by atoms with Gasteiger partial charge in [0.25, 0.3) is 0 Å². The molecule has 0 aromatic heterocycles. The summed E-state index contributed by atoms with van der Waals surface area (Å²) >= 11 is 0. The van der Waals surface area contributed by atoms with Crippen molar-refractivity contribution in [3.63, 3.8) is 0 Å². The molecule has 0 bridgehead atoms. The lowest BCUT2D eigenvalue weighted by Crippen LogP contribution is -2.24. The number of nitrogen functional groups attached to an aromatic ring is 1. The van der Waals surface area contributed by atoms with Crippen molar-refractivity contribution in [1.82, 2.24) is 0 Å². The Labute approximate surface area is 89.2 Å². The Balaban J connectivity index is 2.13. The summed E-state index contributed by atoms with van der Waals surface area (Å²) in [4.78, 5) is 11.0. The molecule has 0 saturated heterocycles. The van der Waals surface area contributed by atoms with Gasteiger partial charge in [-0.05, 0) is 43.5 Å². The van der Waals surface area contributed by atoms with Crippen molar-refractivity contribution in [3.05, 3.63) is 23.8 Å². The highest BCUT2D eigenvalue weighted by molar-refractivity contribution is 5.76. The molecule has 0 unspecified atom stereocenters. The van der Waals surface area contributed by atoms with Crippen LogP contribution in [0.15, 0.2) is 18.2 Å². The van der Waals surface area contributed by atoms with Gasteiger partial charge < -0.3 is 10.5 Å². The van der Waals surface area contributed by atoms with E-state index in [2.05, 4.69) is 0 Å². The van der Waals surface area contributed by atoms with Crippen molar-refractivity contribution >= 4 is 11.5 Å². The van der Waals surface area contributed by atoms with Crippen LogP contribution < -0.4 is 10.5 Å². The lowest BCUT2D eigenvalue weighted by molar-refractivity contribution is -0.118. The number of Topliss-reactive ketones (excluding diaryl/α,β-unsaturated/α-hetero) is 1. The lowest BCUT2D eigenvalue weighted by atomic mass is 9.99. The third-order valence-electron chi connectivity index (χ3n) is 2.63. The van der Waals surface area contributed by atoms with Gasteiger partial charge in [-0.3, -0.25) is 4.79 Å². The van der Waals surface area contributed by atoms with Crippen LogP contribution in [0.5, 0.6) is 5.75 Å². The molecule has 1 aromatic carbocycles. The Kier molecular flexibility index (Phi) is 2.62. The van der Waals surface area contributed by atoms with Gasteiger partial charge in [-0.1, -0.05) is 0 Å². The molecule has 1 atom stereocenters. The quantitative estimate of drug-likeness (QED) is 0.751. The lowest BCUT2D eigenvalue weighted by Gasteiger charge is -2.25. The highest BCUT2D eigenvalue weighted by Gasteiger charge is 2.20. The molecule has 80 valence electrons. The number of aryl methyl sites for hydroxylation is 1. The van der Waals surface area contributed by atoms with Crippen LogP contribution in [-0.4, -0.2) is 11.9 Å². The first kappa shape index (κ1) is 10.0. The van der Waals surface area contributed by atoms with E-state index in [1.807, 2.05) is 18.2 Å². The summed E-state index contributed by atoms with van der Waals surface area (Å²) in [7, 11) is 0. The minimum absolute atomic E-state index is 0.0404. The molecule has 1 aromatic rings. The summed E-state index contributed by atoms with van der Waals surface area (Å²) < 4.78 is 5.72. The summed E-state index contributed by atoms with van der Waals surface area (Å²) in [6, 6.07) is 5.66. The van der Waals surface area contributed by atoms with E-state index >= 15 is 0 Å². The molecule has 0 saturated carbocycles. The van der Waals surface area contributed by atoms with Crippen LogP contribution in [0.4, 0.5) is 5.69 Å². The maximum atomic E-state index is 11.0. The van der Waals surface area contributed by atoms with E-state index in [1.165, 1.54) is 0 Å². The second-order valence-electron chi connectivity index (χ2n) is 4.05. The van der Waals surface area contributed by atoms with Gasteiger partial charge in [-0.25, -0.2) is 0 Å². The molecule has 2 N–H and O–H groups in total. The number of hydrogen-bond donors (Lipinski definition) is 1. The van der Waals surface area contributed by atoms with Crippen molar-refractivity contribution in [2.75, 3.05) is 5.73 Å². The first-order valence-electron chi connectivity index (χ1n) is 5.19. The Bertz CT molecular complexity index is 387. The topological polar surface area (TPSA) is 52.3 Å². The molecule has 3 nitrogen and oxygen atoms in total. The van der Waals surface area contributed by atoms with Crippen LogP contribution in [0.1, 0.15) is 25.3 Å². The van der Waals surface area contributed by atoms with Crippen LogP contribution in [0, 0.1) is 0 Å². The molecule has 1 aliphatic heterocycles. The predicted octanol–water partition coefficient (Wildman–Crippen LogP) is 1.94. The SMILES string of the molecule is CC(=O)C[C@@H]1CCc2cc(N)ccc2O1. The average Bonchev–Trinajstić information content (AvgIpc) is 2.17. The maximum absolute atomic E-state index is 11.0. The van der Waals surface area contributed by atoms with E-state index < -0.39 is 0 Å². The number of ether oxygens (including phenoxy) is 1. The standard InChI is InChI=1S/C12H15NO2/c1-8(14)6-11-4-2-9-7-10(13)3-5-12(9)15-11/h3,5,7,11H,2,4,6,13H2,1H3/t11-/m0/s1. The van der Waals surface area contributed by atoms with Crippen LogP contribution in [0.25, 0.3) is 0 Å². The molecule has 0 spiro atoms. The second kappa shape index (κ2) is 3.93. The summed E-state index contributed by atoms with van der Waals surface area (Å²) in [5.74, 6) is 1.06. The van der Waals surface area contributed by atoms with Crippen LogP contribution >= 0.6 is 0 Å². The molecule has 3 heteroatoms. The van der Waals surface area contributed by atoms with E-state index in [0.717, 1.165) is 29.8 Å².